The molecule has 2 aliphatic rings. The lowest BCUT2D eigenvalue weighted by Gasteiger charge is -2.32. The Morgan fingerprint density at radius 1 is 1.15 bits per heavy atom. The summed E-state index contributed by atoms with van der Waals surface area (Å²) in [5.41, 5.74) is 4.76. The molecule has 0 aliphatic heterocycles. The summed E-state index contributed by atoms with van der Waals surface area (Å²) in [6, 6.07) is 11.9. The number of aromatic nitrogens is 2. The molecule has 10 heteroatoms. The van der Waals surface area contributed by atoms with E-state index in [0.717, 1.165) is 27.3 Å². The van der Waals surface area contributed by atoms with E-state index < -0.39 is 36.5 Å². The van der Waals surface area contributed by atoms with Crippen molar-refractivity contribution in [3.05, 3.63) is 94.3 Å². The van der Waals surface area contributed by atoms with Gasteiger partial charge in [-0.15, -0.1) is 0 Å². The van der Waals surface area contributed by atoms with E-state index in [1.54, 1.807) is 29.1 Å². The first-order valence-corrected chi connectivity index (χ1v) is 12.9. The molecule has 1 amide bonds. The third-order valence-electron chi connectivity index (χ3n) is 7.79. The smallest absolute Gasteiger partial charge is 0.382 e. The molecule has 2 aliphatic carbocycles. The van der Waals surface area contributed by atoms with Crippen LogP contribution in [0.3, 0.4) is 0 Å². The van der Waals surface area contributed by atoms with Crippen LogP contribution in [-0.4, -0.2) is 51.1 Å². The number of hydrogen-bond donors (Lipinski definition) is 1. The summed E-state index contributed by atoms with van der Waals surface area (Å²) in [6.07, 6.45) is -4.29. The molecule has 0 saturated carbocycles. The molecule has 0 radical (unpaired) electrons. The molecular formula is C29H28F5N3O2. The van der Waals surface area contributed by atoms with Gasteiger partial charge in [0.1, 0.15) is 11.6 Å². The van der Waals surface area contributed by atoms with Gasteiger partial charge in [0.25, 0.3) is 0 Å². The second kappa shape index (κ2) is 10.6. The van der Waals surface area contributed by atoms with Gasteiger partial charge in [-0.25, -0.2) is 13.5 Å². The van der Waals surface area contributed by atoms with Crippen LogP contribution in [0.25, 0.3) is 5.69 Å². The molecule has 206 valence electrons. The number of fused-ring (bicyclic) bond motifs is 1. The van der Waals surface area contributed by atoms with E-state index in [-0.39, 0.29) is 30.3 Å². The van der Waals surface area contributed by atoms with E-state index >= 15 is 0 Å². The van der Waals surface area contributed by atoms with Crippen LogP contribution in [0, 0.1) is 17.6 Å². The van der Waals surface area contributed by atoms with Crippen LogP contribution in [0.2, 0.25) is 0 Å². The molecule has 1 N–H and O–H groups in total. The summed E-state index contributed by atoms with van der Waals surface area (Å²) >= 11 is 0. The van der Waals surface area contributed by atoms with Crippen molar-refractivity contribution in [3.8, 4) is 5.69 Å². The van der Waals surface area contributed by atoms with E-state index in [4.69, 9.17) is 0 Å². The fourth-order valence-corrected chi connectivity index (χ4v) is 5.80. The van der Waals surface area contributed by atoms with Gasteiger partial charge in [-0.2, -0.15) is 18.3 Å². The van der Waals surface area contributed by atoms with Crippen LogP contribution in [0.5, 0.6) is 0 Å². The minimum absolute atomic E-state index is 0.0196. The Labute approximate surface area is 222 Å². The monoisotopic (exact) mass is 545 g/mol. The number of aliphatic hydroxyl groups excluding tert-OH is 1. The summed E-state index contributed by atoms with van der Waals surface area (Å²) < 4.78 is 69.1. The summed E-state index contributed by atoms with van der Waals surface area (Å²) in [4.78, 5) is 14.8. The molecule has 5 rings (SSSR count). The van der Waals surface area contributed by atoms with Gasteiger partial charge in [-0.3, -0.25) is 4.79 Å². The summed E-state index contributed by atoms with van der Waals surface area (Å²) in [5.74, 6) is -2.20. The summed E-state index contributed by atoms with van der Waals surface area (Å²) in [7, 11) is 0. The molecule has 3 atom stereocenters. The first-order chi connectivity index (χ1) is 18.5. The number of aliphatic hydroxyl groups is 1. The van der Waals surface area contributed by atoms with Gasteiger partial charge in [0.05, 0.1) is 30.0 Å². The molecule has 1 unspecified atom stereocenters. The number of alkyl halides is 3. The maximum Gasteiger partial charge on any atom is 0.416 e. The van der Waals surface area contributed by atoms with Crippen LogP contribution in [0.4, 0.5) is 22.0 Å². The van der Waals surface area contributed by atoms with E-state index in [2.05, 4.69) is 5.10 Å². The number of nitrogens with zero attached hydrogens (tertiary/aromatic N) is 3. The van der Waals surface area contributed by atoms with Crippen LogP contribution in [-0.2, 0) is 17.6 Å². The van der Waals surface area contributed by atoms with Crippen LogP contribution in [0.1, 0.15) is 42.5 Å². The lowest BCUT2D eigenvalue weighted by Crippen LogP contribution is -2.46. The van der Waals surface area contributed by atoms with Crippen molar-refractivity contribution in [2.75, 3.05) is 13.1 Å². The number of rotatable bonds is 7. The Morgan fingerprint density at radius 2 is 1.87 bits per heavy atom. The fraction of sp³-hybridized carbons (Fsp3) is 0.379. The normalized spacial score (nSPS) is 19.6. The van der Waals surface area contributed by atoms with E-state index in [9.17, 15) is 31.9 Å². The largest absolute Gasteiger partial charge is 0.416 e. The zero-order valence-corrected chi connectivity index (χ0v) is 21.3. The van der Waals surface area contributed by atoms with Crippen molar-refractivity contribution in [1.29, 1.82) is 0 Å². The van der Waals surface area contributed by atoms with Crippen molar-refractivity contribution in [1.82, 2.24) is 14.7 Å². The molecule has 0 fully saturated rings. The predicted molar refractivity (Wildman–Crippen MR) is 134 cm³/mol. The molecule has 0 spiro atoms. The first-order valence-electron chi connectivity index (χ1n) is 12.9. The molecule has 3 aromatic rings. The van der Waals surface area contributed by atoms with Gasteiger partial charge < -0.3 is 10.0 Å². The highest BCUT2D eigenvalue weighted by Crippen LogP contribution is 2.47. The number of carbonyl (C=O) groups excluding carboxylic acids is 1. The van der Waals surface area contributed by atoms with Crippen LogP contribution < -0.4 is 0 Å². The maximum absolute atomic E-state index is 14.2. The summed E-state index contributed by atoms with van der Waals surface area (Å²) in [5, 5.41) is 14.3. The zero-order chi connectivity index (χ0) is 27.9. The fourth-order valence-electron chi connectivity index (χ4n) is 5.80. The lowest BCUT2D eigenvalue weighted by molar-refractivity contribution is -0.208. The highest BCUT2D eigenvalue weighted by Gasteiger charge is 2.44. The average molecular weight is 546 g/mol. The molecule has 39 heavy (non-hydrogen) atoms. The predicted octanol–water partition coefficient (Wildman–Crippen LogP) is 5.51. The van der Waals surface area contributed by atoms with Gasteiger partial charge in [-0.1, -0.05) is 36.3 Å². The SMILES string of the molecule is C[C@@H]1C2=C(CC[C@H]2C(=O)N(CCc2ccccc2F)CC(O)C(F)(F)F)Cc2c1cnn2-c1ccc(F)cc1. The van der Waals surface area contributed by atoms with Gasteiger partial charge in [0.15, 0.2) is 6.10 Å². The lowest BCUT2D eigenvalue weighted by atomic mass is 9.79. The second-order valence-corrected chi connectivity index (χ2v) is 10.2. The number of benzene rings is 2. The molecular weight excluding hydrogens is 517 g/mol. The summed E-state index contributed by atoms with van der Waals surface area (Å²) in [6.45, 7) is 0.871. The molecule has 0 saturated heterocycles. The Morgan fingerprint density at radius 3 is 2.56 bits per heavy atom. The number of allylic oxidation sites excluding steroid dienone is 1. The Kier molecular flexibility index (Phi) is 7.33. The molecule has 2 aromatic carbocycles. The standard InChI is InChI=1S/C29H28F5N3O2/c1-17-23-15-35-37(21-9-7-20(30)8-10-21)25(23)14-19-6-11-22(27(17)19)28(39)36(16-26(38)29(32,33)34)13-12-18-4-2-3-5-24(18)31/h2-5,7-10,15,17,22,26,38H,6,11-14,16H2,1H3/t17-,22+,26?/m0/s1. The number of amides is 1. The van der Waals surface area contributed by atoms with Crippen LogP contribution >= 0.6 is 0 Å². The van der Waals surface area contributed by atoms with E-state index in [1.165, 1.54) is 30.3 Å². The van der Waals surface area contributed by atoms with Crippen molar-refractivity contribution in [3.63, 3.8) is 0 Å². The van der Waals surface area contributed by atoms with Crippen molar-refractivity contribution < 1.29 is 31.9 Å². The van der Waals surface area contributed by atoms with Gasteiger partial charge >= 0.3 is 6.18 Å². The quantitative estimate of drug-likeness (QED) is 0.315. The molecule has 0 bridgehead atoms. The van der Waals surface area contributed by atoms with Gasteiger partial charge in [-0.05, 0) is 55.2 Å². The average Bonchev–Trinajstić information content (AvgIpc) is 3.52. The highest BCUT2D eigenvalue weighted by molar-refractivity contribution is 5.83. The number of hydrogen-bond acceptors (Lipinski definition) is 3. The first kappa shape index (κ1) is 27.1. The van der Waals surface area contributed by atoms with E-state index in [0.29, 0.717) is 24.9 Å². The molecule has 1 heterocycles. The minimum Gasteiger partial charge on any atom is -0.382 e. The number of halogens is 5. The van der Waals surface area contributed by atoms with Gasteiger partial charge in [0.2, 0.25) is 5.91 Å². The van der Waals surface area contributed by atoms with Crippen molar-refractivity contribution in [2.45, 2.75) is 50.8 Å². The maximum atomic E-state index is 14.2. The van der Waals surface area contributed by atoms with Crippen molar-refractivity contribution in [2.24, 2.45) is 5.92 Å². The Balaban J connectivity index is 1.40. The van der Waals surface area contributed by atoms with Crippen molar-refractivity contribution >= 4 is 5.91 Å². The third-order valence-corrected chi connectivity index (χ3v) is 7.79. The zero-order valence-electron chi connectivity index (χ0n) is 21.3. The van der Waals surface area contributed by atoms with Gasteiger partial charge in [0, 0.05) is 24.4 Å². The molecule has 1 aromatic heterocycles. The minimum atomic E-state index is -4.89. The highest BCUT2D eigenvalue weighted by atomic mass is 19.4. The topological polar surface area (TPSA) is 58.4 Å². The Bertz CT molecular complexity index is 1400. The Hall–Kier alpha value is -3.53. The van der Waals surface area contributed by atoms with Crippen LogP contribution in [0.15, 0.2) is 65.9 Å². The second-order valence-electron chi connectivity index (χ2n) is 10.2. The third kappa shape index (κ3) is 5.34. The van der Waals surface area contributed by atoms with E-state index in [1.807, 2.05) is 6.92 Å². The molecule has 5 nitrogen and oxygen atoms in total. The number of carbonyl (C=O) groups is 1.